The first-order valence-electron chi connectivity index (χ1n) is 10.6. The summed E-state index contributed by atoms with van der Waals surface area (Å²) in [7, 11) is 0. The number of amides is 1. The number of benzene rings is 3. The van der Waals surface area contributed by atoms with Gasteiger partial charge in [-0.3, -0.25) is 15.1 Å². The number of amidine groups is 2. The van der Waals surface area contributed by atoms with Crippen LogP contribution in [-0.2, 0) is 4.79 Å². The lowest BCUT2D eigenvalue weighted by Gasteiger charge is -2.26. The summed E-state index contributed by atoms with van der Waals surface area (Å²) in [6, 6.07) is 27.4. The molecular formula is C27H21N3O2S. The van der Waals surface area contributed by atoms with Crippen molar-refractivity contribution in [1.82, 2.24) is 4.90 Å². The van der Waals surface area contributed by atoms with Crippen molar-refractivity contribution in [2.75, 3.05) is 0 Å². The molecule has 0 bridgehead atoms. The molecule has 5 nitrogen and oxygen atoms in total. The Morgan fingerprint density at radius 3 is 2.33 bits per heavy atom. The van der Waals surface area contributed by atoms with E-state index in [9.17, 15) is 4.79 Å². The summed E-state index contributed by atoms with van der Waals surface area (Å²) in [5, 5.41) is 11.2. The highest BCUT2D eigenvalue weighted by Gasteiger charge is 2.36. The zero-order valence-electron chi connectivity index (χ0n) is 17.9. The Morgan fingerprint density at radius 1 is 0.970 bits per heavy atom. The minimum absolute atomic E-state index is 0.0767. The molecule has 162 valence electrons. The molecule has 0 spiro atoms. The number of hydrogen-bond donors (Lipinski definition) is 1. The van der Waals surface area contributed by atoms with Gasteiger partial charge in [-0.25, -0.2) is 0 Å². The molecule has 0 radical (unpaired) electrons. The fraction of sp³-hybridized carbons (Fsp3) is 0.0741. The van der Waals surface area contributed by atoms with Gasteiger partial charge in [-0.05, 0) is 41.8 Å². The predicted molar refractivity (Wildman–Crippen MR) is 134 cm³/mol. The molecule has 3 aromatic rings. The second-order valence-corrected chi connectivity index (χ2v) is 8.50. The number of thioether (sulfide) groups is 1. The van der Waals surface area contributed by atoms with E-state index in [1.54, 1.807) is 11.0 Å². The summed E-state index contributed by atoms with van der Waals surface area (Å²) in [4.78, 5) is 18.6. The molecule has 0 aromatic heterocycles. The topological polar surface area (TPSA) is 65.8 Å². The molecule has 1 N–H and O–H groups in total. The normalized spacial score (nSPS) is 17.5. The van der Waals surface area contributed by atoms with Crippen LogP contribution < -0.4 is 4.74 Å². The van der Waals surface area contributed by atoms with Crippen LogP contribution in [-0.4, -0.2) is 21.8 Å². The van der Waals surface area contributed by atoms with E-state index in [1.807, 2.05) is 97.3 Å². The molecule has 6 heteroatoms. The fourth-order valence-corrected chi connectivity index (χ4v) is 4.61. The van der Waals surface area contributed by atoms with Crippen LogP contribution in [0.15, 0.2) is 101 Å². The Balaban J connectivity index is 1.36. The van der Waals surface area contributed by atoms with Gasteiger partial charge in [-0.1, -0.05) is 84.6 Å². The molecule has 0 unspecified atom stereocenters. The first-order chi connectivity index (χ1) is 16.1. The van der Waals surface area contributed by atoms with Gasteiger partial charge in [-0.2, -0.15) is 4.99 Å². The Labute approximate surface area is 196 Å². The molecule has 5 rings (SSSR count). The number of ether oxygens (including phenoxy) is 1. The molecule has 2 aliphatic rings. The minimum atomic E-state index is -0.403. The van der Waals surface area contributed by atoms with Crippen LogP contribution in [0.2, 0.25) is 0 Å². The number of aliphatic imine (C=N–C) groups is 1. The molecular weight excluding hydrogens is 430 g/mol. The van der Waals surface area contributed by atoms with Crippen molar-refractivity contribution in [3.63, 3.8) is 0 Å². The average molecular weight is 452 g/mol. The summed E-state index contributed by atoms with van der Waals surface area (Å²) in [6.45, 7) is 2.01. The van der Waals surface area contributed by atoms with Crippen LogP contribution in [0.3, 0.4) is 0 Å². The lowest BCUT2D eigenvalue weighted by atomic mass is 10.1. The second kappa shape index (κ2) is 8.92. The van der Waals surface area contributed by atoms with E-state index < -0.39 is 5.91 Å². The SMILES string of the molecule is C[C@@H](Oc1ccc(/C=C2/C(=N)N3C(c4ccccc4)=CSC3=NC2=O)cc1)c1ccccc1. The predicted octanol–water partition coefficient (Wildman–Crippen LogP) is 6.13. The summed E-state index contributed by atoms with van der Waals surface area (Å²) in [5.74, 6) is 0.465. The molecule has 3 aromatic carbocycles. The van der Waals surface area contributed by atoms with E-state index in [4.69, 9.17) is 10.1 Å². The molecule has 0 saturated heterocycles. The van der Waals surface area contributed by atoms with Crippen LogP contribution >= 0.6 is 11.8 Å². The average Bonchev–Trinajstić information content (AvgIpc) is 3.28. The molecule has 0 aliphatic carbocycles. The third-order valence-electron chi connectivity index (χ3n) is 5.46. The van der Waals surface area contributed by atoms with Crippen LogP contribution in [0, 0.1) is 5.41 Å². The molecule has 33 heavy (non-hydrogen) atoms. The highest BCUT2D eigenvalue weighted by atomic mass is 32.2. The molecule has 0 saturated carbocycles. The van der Waals surface area contributed by atoms with Crippen molar-refractivity contribution in [3.05, 3.63) is 113 Å². The smallest absolute Gasteiger partial charge is 0.283 e. The van der Waals surface area contributed by atoms with E-state index in [2.05, 4.69) is 4.99 Å². The minimum Gasteiger partial charge on any atom is -0.486 e. The van der Waals surface area contributed by atoms with Gasteiger partial charge in [0.05, 0.1) is 11.3 Å². The number of carbonyl (C=O) groups is 1. The van der Waals surface area contributed by atoms with Gasteiger partial charge in [0.2, 0.25) is 0 Å². The zero-order valence-corrected chi connectivity index (χ0v) is 18.8. The molecule has 1 atom stereocenters. The van der Waals surface area contributed by atoms with Gasteiger partial charge in [0.25, 0.3) is 5.91 Å². The van der Waals surface area contributed by atoms with Crippen LogP contribution in [0.1, 0.15) is 29.7 Å². The molecule has 1 amide bonds. The van der Waals surface area contributed by atoms with Crippen LogP contribution in [0.5, 0.6) is 5.75 Å². The maximum atomic E-state index is 12.7. The Morgan fingerprint density at radius 2 is 1.64 bits per heavy atom. The van der Waals surface area contributed by atoms with Crippen molar-refractivity contribution in [2.24, 2.45) is 4.99 Å². The lowest BCUT2D eigenvalue weighted by molar-refractivity contribution is -0.114. The van der Waals surface area contributed by atoms with E-state index in [1.165, 1.54) is 11.8 Å². The second-order valence-electron chi connectivity index (χ2n) is 7.67. The number of hydrogen-bond acceptors (Lipinski definition) is 4. The van der Waals surface area contributed by atoms with Gasteiger partial charge in [0.1, 0.15) is 17.7 Å². The number of nitrogens with zero attached hydrogens (tertiary/aromatic N) is 2. The fourth-order valence-electron chi connectivity index (χ4n) is 3.72. The van der Waals surface area contributed by atoms with E-state index >= 15 is 0 Å². The third-order valence-corrected chi connectivity index (χ3v) is 6.28. The maximum absolute atomic E-state index is 12.7. The van der Waals surface area contributed by atoms with E-state index in [0.717, 1.165) is 28.1 Å². The van der Waals surface area contributed by atoms with Gasteiger partial charge in [0.15, 0.2) is 5.17 Å². The van der Waals surface area contributed by atoms with E-state index in [0.29, 0.717) is 5.17 Å². The highest BCUT2D eigenvalue weighted by molar-refractivity contribution is 8.17. The molecule has 2 aliphatic heterocycles. The lowest BCUT2D eigenvalue weighted by Crippen LogP contribution is -2.38. The first kappa shape index (κ1) is 21.0. The highest BCUT2D eigenvalue weighted by Crippen LogP contribution is 2.37. The van der Waals surface area contributed by atoms with Crippen molar-refractivity contribution in [2.45, 2.75) is 13.0 Å². The first-order valence-corrected chi connectivity index (χ1v) is 11.5. The van der Waals surface area contributed by atoms with E-state index in [-0.39, 0.29) is 17.5 Å². The van der Waals surface area contributed by atoms with Crippen LogP contribution in [0.25, 0.3) is 11.8 Å². The van der Waals surface area contributed by atoms with Gasteiger partial charge < -0.3 is 4.74 Å². The zero-order chi connectivity index (χ0) is 22.8. The summed E-state index contributed by atoms with van der Waals surface area (Å²) < 4.78 is 6.04. The Bertz CT molecular complexity index is 1300. The third kappa shape index (κ3) is 4.25. The number of fused-ring (bicyclic) bond motifs is 1. The summed E-state index contributed by atoms with van der Waals surface area (Å²) in [5.41, 5.74) is 3.99. The Hall–Kier alpha value is -3.90. The number of nitrogens with one attached hydrogen (secondary N) is 1. The monoisotopic (exact) mass is 451 g/mol. The van der Waals surface area contributed by atoms with Crippen molar-refractivity contribution < 1.29 is 9.53 Å². The van der Waals surface area contributed by atoms with Crippen molar-refractivity contribution >= 4 is 40.4 Å². The number of rotatable bonds is 5. The maximum Gasteiger partial charge on any atom is 0.283 e. The van der Waals surface area contributed by atoms with Gasteiger partial charge in [0, 0.05) is 5.41 Å². The summed E-state index contributed by atoms with van der Waals surface area (Å²) in [6.07, 6.45) is 1.63. The van der Waals surface area contributed by atoms with Gasteiger partial charge in [-0.15, -0.1) is 0 Å². The largest absolute Gasteiger partial charge is 0.486 e. The van der Waals surface area contributed by atoms with Crippen LogP contribution in [0.4, 0.5) is 0 Å². The van der Waals surface area contributed by atoms with Crippen molar-refractivity contribution in [1.29, 1.82) is 5.41 Å². The Kier molecular flexibility index (Phi) is 5.67. The standard InChI is InChI=1S/C27H21N3O2S/c1-18(20-8-4-2-5-9-20)32-22-14-12-19(13-15-22)16-23-25(28)30-24(21-10-6-3-7-11-21)17-33-27(30)29-26(23)31/h2-18,28H,1H3/b23-16-,28-25?/t18-/m1/s1. The summed E-state index contributed by atoms with van der Waals surface area (Å²) >= 11 is 1.36. The van der Waals surface area contributed by atoms with Crippen molar-refractivity contribution in [3.8, 4) is 5.75 Å². The van der Waals surface area contributed by atoms with Gasteiger partial charge >= 0.3 is 0 Å². The molecule has 2 heterocycles. The quantitative estimate of drug-likeness (QED) is 0.474. The number of carbonyl (C=O) groups excluding carboxylic acids is 1. The molecule has 0 fully saturated rings.